The van der Waals surface area contributed by atoms with Crippen LogP contribution in [0.25, 0.3) is 0 Å². The van der Waals surface area contributed by atoms with E-state index in [1.54, 1.807) is 17.0 Å². The van der Waals surface area contributed by atoms with Crippen molar-refractivity contribution in [3.05, 3.63) is 59.3 Å². The minimum atomic E-state index is -0.276. The molecule has 1 heterocycles. The van der Waals surface area contributed by atoms with Crippen LogP contribution in [0.2, 0.25) is 0 Å². The van der Waals surface area contributed by atoms with Gasteiger partial charge in [-0.3, -0.25) is 4.79 Å². The number of benzene rings is 1. The number of rotatable bonds is 5. The highest BCUT2D eigenvalue weighted by molar-refractivity contribution is 5.78. The number of furan rings is 1. The maximum absolute atomic E-state index is 13.0. The summed E-state index contributed by atoms with van der Waals surface area (Å²) in [6, 6.07) is 9.97. The molecule has 1 aromatic heterocycles. The van der Waals surface area contributed by atoms with Crippen molar-refractivity contribution in [1.29, 1.82) is 0 Å². The zero-order chi connectivity index (χ0) is 15.4. The largest absolute Gasteiger partial charge is 0.464 e. The molecule has 0 N–H and O–H groups in total. The van der Waals surface area contributed by atoms with E-state index in [9.17, 15) is 9.18 Å². The Morgan fingerprint density at radius 2 is 1.81 bits per heavy atom. The van der Waals surface area contributed by atoms with Gasteiger partial charge in [-0.2, -0.15) is 0 Å². The summed E-state index contributed by atoms with van der Waals surface area (Å²) in [5.41, 5.74) is 0.897. The highest BCUT2D eigenvalue weighted by Crippen LogP contribution is 2.15. The Hall–Kier alpha value is -2.10. The molecule has 0 saturated carbocycles. The summed E-state index contributed by atoms with van der Waals surface area (Å²) in [6.07, 6.45) is 0. The van der Waals surface area contributed by atoms with E-state index < -0.39 is 0 Å². The van der Waals surface area contributed by atoms with Gasteiger partial charge in [-0.25, -0.2) is 4.39 Å². The molecule has 0 aliphatic rings. The second-order valence-corrected chi connectivity index (χ2v) is 5.49. The molecule has 0 bridgehead atoms. The number of nitrogens with zero attached hydrogens (tertiary/aromatic N) is 1. The molecule has 0 fully saturated rings. The number of carbonyl (C=O) groups is 1. The molecule has 3 nitrogen and oxygen atoms in total. The molecular weight excluding hydrogens is 269 g/mol. The number of hydrogen-bond donors (Lipinski definition) is 0. The normalized spacial score (nSPS) is 10.9. The van der Waals surface area contributed by atoms with E-state index in [0.717, 1.165) is 17.1 Å². The van der Waals surface area contributed by atoms with Crippen molar-refractivity contribution in [2.75, 3.05) is 0 Å². The first kappa shape index (κ1) is 15.3. The fraction of sp³-hybridized carbons (Fsp3) is 0.353. The summed E-state index contributed by atoms with van der Waals surface area (Å²) in [4.78, 5) is 14.1. The third-order valence-electron chi connectivity index (χ3n) is 3.23. The Labute approximate surface area is 124 Å². The molecule has 21 heavy (non-hydrogen) atoms. The maximum Gasteiger partial charge on any atom is 0.225 e. The Kier molecular flexibility index (Phi) is 4.78. The second kappa shape index (κ2) is 6.57. The monoisotopic (exact) mass is 289 g/mol. The lowest BCUT2D eigenvalue weighted by molar-refractivity contribution is -0.136. The van der Waals surface area contributed by atoms with E-state index in [2.05, 4.69) is 0 Å². The molecule has 1 amide bonds. The molecule has 0 radical (unpaired) electrons. The Balaban J connectivity index is 2.15. The lowest BCUT2D eigenvalue weighted by Crippen LogP contribution is -2.33. The summed E-state index contributed by atoms with van der Waals surface area (Å²) in [5.74, 6) is 1.25. The minimum absolute atomic E-state index is 0.0494. The molecule has 2 rings (SSSR count). The minimum Gasteiger partial charge on any atom is -0.464 e. The van der Waals surface area contributed by atoms with Crippen LogP contribution in [0.5, 0.6) is 0 Å². The summed E-state index contributed by atoms with van der Waals surface area (Å²) >= 11 is 0. The quantitative estimate of drug-likeness (QED) is 0.836. The number of carbonyl (C=O) groups excluding carboxylic acids is 1. The van der Waals surface area contributed by atoms with Crippen molar-refractivity contribution >= 4 is 5.91 Å². The van der Waals surface area contributed by atoms with Crippen molar-refractivity contribution < 1.29 is 13.6 Å². The molecule has 0 aliphatic carbocycles. The predicted molar refractivity (Wildman–Crippen MR) is 78.9 cm³/mol. The highest BCUT2D eigenvalue weighted by Gasteiger charge is 2.19. The molecule has 4 heteroatoms. The van der Waals surface area contributed by atoms with Crippen molar-refractivity contribution in [3.8, 4) is 0 Å². The SMILES string of the molecule is Cc1ccc(CN(Cc2ccc(F)cc2)C(=O)C(C)C)o1. The molecule has 0 spiro atoms. The van der Waals surface area contributed by atoms with Crippen molar-refractivity contribution in [3.63, 3.8) is 0 Å². The van der Waals surface area contributed by atoms with E-state index in [-0.39, 0.29) is 17.6 Å². The van der Waals surface area contributed by atoms with Crippen LogP contribution in [0.15, 0.2) is 40.8 Å². The summed E-state index contributed by atoms with van der Waals surface area (Å²) < 4.78 is 18.5. The number of hydrogen-bond acceptors (Lipinski definition) is 2. The lowest BCUT2D eigenvalue weighted by Gasteiger charge is -2.23. The number of aryl methyl sites for hydroxylation is 1. The molecule has 0 unspecified atom stereocenters. The molecule has 0 atom stereocenters. The topological polar surface area (TPSA) is 33.5 Å². The van der Waals surface area contributed by atoms with Gasteiger partial charge in [-0.1, -0.05) is 26.0 Å². The molecule has 1 aromatic carbocycles. The zero-order valence-corrected chi connectivity index (χ0v) is 12.6. The van der Waals surface area contributed by atoms with Crippen LogP contribution in [0.3, 0.4) is 0 Å². The Bertz CT molecular complexity index is 602. The first-order chi connectivity index (χ1) is 9.95. The van der Waals surface area contributed by atoms with Crippen LogP contribution < -0.4 is 0 Å². The summed E-state index contributed by atoms with van der Waals surface area (Å²) in [6.45, 7) is 6.47. The number of amides is 1. The van der Waals surface area contributed by atoms with Crippen LogP contribution in [0.4, 0.5) is 4.39 Å². The van der Waals surface area contributed by atoms with Crippen molar-refractivity contribution in [1.82, 2.24) is 4.90 Å². The number of halogens is 1. The van der Waals surface area contributed by atoms with E-state index in [1.807, 2.05) is 32.9 Å². The van der Waals surface area contributed by atoms with Crippen molar-refractivity contribution in [2.24, 2.45) is 5.92 Å². The van der Waals surface area contributed by atoms with Gasteiger partial charge >= 0.3 is 0 Å². The highest BCUT2D eigenvalue weighted by atomic mass is 19.1. The average molecular weight is 289 g/mol. The first-order valence-corrected chi connectivity index (χ1v) is 7.04. The lowest BCUT2D eigenvalue weighted by atomic mass is 10.1. The Morgan fingerprint density at radius 3 is 2.33 bits per heavy atom. The van der Waals surface area contributed by atoms with Gasteiger partial charge in [0.25, 0.3) is 0 Å². The third kappa shape index (κ3) is 4.18. The Morgan fingerprint density at radius 1 is 1.14 bits per heavy atom. The standard InChI is InChI=1S/C17H20FNO2/c1-12(2)17(20)19(11-16-9-4-13(3)21-16)10-14-5-7-15(18)8-6-14/h4-9,12H,10-11H2,1-3H3. The van der Waals surface area contributed by atoms with Gasteiger partial charge < -0.3 is 9.32 Å². The van der Waals surface area contributed by atoms with E-state index in [4.69, 9.17) is 4.42 Å². The van der Waals surface area contributed by atoms with Gasteiger partial charge in [0.2, 0.25) is 5.91 Å². The molecular formula is C17H20FNO2. The molecule has 0 aliphatic heterocycles. The van der Waals surface area contributed by atoms with Crippen LogP contribution in [0.1, 0.15) is 30.9 Å². The maximum atomic E-state index is 13.0. The average Bonchev–Trinajstić information content (AvgIpc) is 2.85. The van der Waals surface area contributed by atoms with Gasteiger partial charge in [-0.15, -0.1) is 0 Å². The van der Waals surface area contributed by atoms with E-state index in [0.29, 0.717) is 13.1 Å². The van der Waals surface area contributed by atoms with Gasteiger partial charge in [0, 0.05) is 12.5 Å². The molecule has 0 saturated heterocycles. The first-order valence-electron chi connectivity index (χ1n) is 7.04. The van der Waals surface area contributed by atoms with Crippen LogP contribution in [0, 0.1) is 18.7 Å². The molecule has 2 aromatic rings. The van der Waals surface area contributed by atoms with Crippen LogP contribution in [-0.2, 0) is 17.9 Å². The van der Waals surface area contributed by atoms with Gasteiger partial charge in [0.15, 0.2) is 0 Å². The third-order valence-corrected chi connectivity index (χ3v) is 3.23. The second-order valence-electron chi connectivity index (χ2n) is 5.49. The van der Waals surface area contributed by atoms with E-state index in [1.165, 1.54) is 12.1 Å². The van der Waals surface area contributed by atoms with Gasteiger partial charge in [0.05, 0.1) is 6.54 Å². The van der Waals surface area contributed by atoms with Crippen LogP contribution in [-0.4, -0.2) is 10.8 Å². The zero-order valence-electron chi connectivity index (χ0n) is 12.6. The summed E-state index contributed by atoms with van der Waals surface area (Å²) in [7, 11) is 0. The van der Waals surface area contributed by atoms with Crippen LogP contribution >= 0.6 is 0 Å². The summed E-state index contributed by atoms with van der Waals surface area (Å²) in [5, 5.41) is 0. The fourth-order valence-corrected chi connectivity index (χ4v) is 2.15. The fourth-order valence-electron chi connectivity index (χ4n) is 2.15. The molecule has 112 valence electrons. The predicted octanol–water partition coefficient (Wildman–Crippen LogP) is 3.91. The van der Waals surface area contributed by atoms with Crippen molar-refractivity contribution in [2.45, 2.75) is 33.9 Å². The van der Waals surface area contributed by atoms with E-state index >= 15 is 0 Å². The van der Waals surface area contributed by atoms with Gasteiger partial charge in [0.1, 0.15) is 17.3 Å². The smallest absolute Gasteiger partial charge is 0.225 e. The van der Waals surface area contributed by atoms with Gasteiger partial charge in [-0.05, 0) is 36.8 Å².